The molecule has 2 aliphatic rings. The Morgan fingerprint density at radius 1 is 0.846 bits per heavy atom. The maximum Gasteiger partial charge on any atom is -1.00 e. The monoisotopic (exact) mass is 258 g/mol. The summed E-state index contributed by atoms with van der Waals surface area (Å²) in [7, 11) is 0. The Balaban J connectivity index is 0.000000720. The van der Waals surface area contributed by atoms with E-state index in [1.807, 2.05) is 0 Å². The van der Waals surface area contributed by atoms with Crippen LogP contribution in [0.25, 0.3) is 0 Å². The van der Waals surface area contributed by atoms with Gasteiger partial charge in [-0.1, -0.05) is 0 Å². The van der Waals surface area contributed by atoms with Crippen LogP contribution in [0.5, 0.6) is 0 Å². The molecule has 0 unspecified atom stereocenters. The average molecular weight is 259 g/mol. The molecule has 0 aliphatic heterocycles. The van der Waals surface area contributed by atoms with Crippen LogP contribution in [0.1, 0.15) is 12.8 Å². The van der Waals surface area contributed by atoms with Crippen molar-refractivity contribution in [2.45, 2.75) is 12.8 Å². The van der Waals surface area contributed by atoms with E-state index in [9.17, 15) is 0 Å². The van der Waals surface area contributed by atoms with E-state index in [2.05, 4.69) is 36.5 Å². The van der Waals surface area contributed by atoms with Crippen LogP contribution in [0.3, 0.4) is 0 Å². The normalized spacial score (nSPS) is 16.9. The first-order valence-electron chi connectivity index (χ1n) is 3.93. The molecular formula is C10H10F2Zr. The van der Waals surface area contributed by atoms with Crippen LogP contribution in [0.4, 0.5) is 0 Å². The van der Waals surface area contributed by atoms with Crippen LogP contribution >= 0.6 is 0 Å². The Hall–Kier alpha value is -0.297. The second-order valence-corrected chi connectivity index (χ2v) is 6.55. The van der Waals surface area contributed by atoms with E-state index in [0.29, 0.717) is 0 Å². The molecular weight excluding hydrogens is 249 g/mol. The third-order valence-electron chi connectivity index (χ3n) is 1.86. The van der Waals surface area contributed by atoms with Gasteiger partial charge in [-0.05, 0) is 0 Å². The van der Waals surface area contributed by atoms with Gasteiger partial charge in [0.15, 0.2) is 0 Å². The minimum Gasteiger partial charge on any atom is -1.00 e. The third-order valence-corrected chi connectivity index (χ3v) is 5.27. The quantitative estimate of drug-likeness (QED) is 0.489. The van der Waals surface area contributed by atoms with Crippen molar-refractivity contribution < 1.29 is 32.6 Å². The number of hydrogen-bond acceptors (Lipinski definition) is 0. The molecule has 2 aliphatic carbocycles. The molecule has 2 rings (SSSR count). The maximum absolute atomic E-state index is 2.31. The minimum atomic E-state index is -0.312. The van der Waals surface area contributed by atoms with E-state index in [4.69, 9.17) is 0 Å². The zero-order valence-electron chi connectivity index (χ0n) is 7.13. The summed E-state index contributed by atoms with van der Waals surface area (Å²) in [5, 5.41) is 0. The van der Waals surface area contributed by atoms with E-state index in [-0.39, 0.29) is 32.6 Å². The molecule has 0 atom stereocenters. The molecule has 0 saturated heterocycles. The molecule has 68 valence electrons. The van der Waals surface area contributed by atoms with E-state index >= 15 is 0 Å². The Kier molecular flexibility index (Phi) is 6.06. The van der Waals surface area contributed by atoms with Crippen molar-refractivity contribution in [1.29, 1.82) is 0 Å². The minimum absolute atomic E-state index is 0. The van der Waals surface area contributed by atoms with Gasteiger partial charge in [-0.15, -0.1) is 0 Å². The Morgan fingerprint density at radius 3 is 1.62 bits per heavy atom. The Labute approximate surface area is 88.4 Å². The summed E-state index contributed by atoms with van der Waals surface area (Å²) in [4.78, 5) is 0. The second-order valence-electron chi connectivity index (χ2n) is 2.77. The molecule has 0 radical (unpaired) electrons. The van der Waals surface area contributed by atoms with Crippen molar-refractivity contribution in [3.63, 3.8) is 0 Å². The summed E-state index contributed by atoms with van der Waals surface area (Å²) in [6, 6.07) is 0. The van der Waals surface area contributed by atoms with Gasteiger partial charge in [0.2, 0.25) is 0 Å². The largest absolute Gasteiger partial charge is 1.00 e. The summed E-state index contributed by atoms with van der Waals surface area (Å²) >= 11 is -0.312. The van der Waals surface area contributed by atoms with Crippen molar-refractivity contribution in [2.75, 3.05) is 0 Å². The molecule has 0 nitrogen and oxygen atoms in total. The predicted octanol–water partition coefficient (Wildman–Crippen LogP) is -3.24. The molecule has 0 amide bonds. The van der Waals surface area contributed by atoms with Crippen molar-refractivity contribution in [2.24, 2.45) is 0 Å². The molecule has 0 spiro atoms. The fraction of sp³-hybridized carbons (Fsp3) is 0.200. The zero-order chi connectivity index (χ0) is 7.52. The van der Waals surface area contributed by atoms with Crippen LogP contribution in [-0.4, -0.2) is 0 Å². The summed E-state index contributed by atoms with van der Waals surface area (Å²) in [5.41, 5.74) is 0. The summed E-state index contributed by atoms with van der Waals surface area (Å²) in [5.74, 6) is 0. The smallest absolute Gasteiger partial charge is 1.00 e. The average Bonchev–Trinajstić information content (AvgIpc) is 2.60. The standard InChI is InChI=1S/2C5H5.2FH.Zr/c2*1-2-4-5-3-1;;;/h2*1-3H,4H2;2*1H;/q;;;;+2/p-2. The number of allylic oxidation sites excluding steroid dienone is 8. The van der Waals surface area contributed by atoms with Gasteiger partial charge < -0.3 is 9.41 Å². The summed E-state index contributed by atoms with van der Waals surface area (Å²) < 4.78 is 3.45. The van der Waals surface area contributed by atoms with Crippen LogP contribution in [0, 0.1) is 0 Å². The fourth-order valence-electron chi connectivity index (χ4n) is 1.29. The predicted molar refractivity (Wildman–Crippen MR) is 43.7 cm³/mol. The SMILES string of the molecule is C1=CC[C]([Zr+2][C]2=CC=CC2)=C1.[F-].[F-]. The third kappa shape index (κ3) is 3.52. The molecule has 0 saturated carbocycles. The van der Waals surface area contributed by atoms with Gasteiger partial charge in [-0.25, -0.2) is 0 Å². The first kappa shape index (κ1) is 12.7. The van der Waals surface area contributed by atoms with Gasteiger partial charge in [0.05, 0.1) is 0 Å². The Morgan fingerprint density at radius 2 is 1.31 bits per heavy atom. The van der Waals surface area contributed by atoms with Gasteiger partial charge in [-0.3, -0.25) is 0 Å². The van der Waals surface area contributed by atoms with Crippen LogP contribution in [0.2, 0.25) is 0 Å². The summed E-state index contributed by atoms with van der Waals surface area (Å²) in [6.45, 7) is 0. The number of hydrogen-bond donors (Lipinski definition) is 0. The van der Waals surface area contributed by atoms with Gasteiger partial charge in [0.25, 0.3) is 0 Å². The van der Waals surface area contributed by atoms with Crippen LogP contribution < -0.4 is 9.41 Å². The van der Waals surface area contributed by atoms with E-state index < -0.39 is 0 Å². The van der Waals surface area contributed by atoms with Crippen LogP contribution in [-0.2, 0) is 23.2 Å². The second kappa shape index (κ2) is 6.20. The van der Waals surface area contributed by atoms with Gasteiger partial charge >= 0.3 is 79.1 Å². The fourth-order valence-corrected chi connectivity index (χ4v) is 4.26. The molecule has 0 aromatic rings. The van der Waals surface area contributed by atoms with Gasteiger partial charge in [0, 0.05) is 0 Å². The van der Waals surface area contributed by atoms with E-state index in [0.717, 1.165) is 0 Å². The van der Waals surface area contributed by atoms with Crippen molar-refractivity contribution in [3.8, 4) is 0 Å². The number of halogens is 2. The maximum atomic E-state index is 2.31. The van der Waals surface area contributed by atoms with Crippen molar-refractivity contribution in [3.05, 3.63) is 43.0 Å². The molecule has 0 aromatic heterocycles. The topological polar surface area (TPSA) is 0 Å². The first-order chi connectivity index (χ1) is 5.45. The molecule has 3 heteroatoms. The molecule has 0 bridgehead atoms. The molecule has 0 N–H and O–H groups in total. The zero-order valence-corrected chi connectivity index (χ0v) is 9.59. The van der Waals surface area contributed by atoms with E-state index in [1.54, 1.807) is 6.56 Å². The number of rotatable bonds is 2. The van der Waals surface area contributed by atoms with Crippen LogP contribution in [0.15, 0.2) is 43.0 Å². The molecule has 0 aromatic carbocycles. The van der Waals surface area contributed by atoms with Crippen molar-refractivity contribution in [1.82, 2.24) is 0 Å². The Bertz CT molecular complexity index is 247. The van der Waals surface area contributed by atoms with Gasteiger partial charge in [0.1, 0.15) is 0 Å². The molecule has 0 fully saturated rings. The molecule has 0 heterocycles. The van der Waals surface area contributed by atoms with Gasteiger partial charge in [-0.2, -0.15) is 0 Å². The molecule has 13 heavy (non-hydrogen) atoms. The summed E-state index contributed by atoms with van der Waals surface area (Å²) in [6.07, 6.45) is 16.0. The van der Waals surface area contributed by atoms with E-state index in [1.165, 1.54) is 12.8 Å². The first-order valence-corrected chi connectivity index (χ1v) is 6.39. The van der Waals surface area contributed by atoms with Crippen molar-refractivity contribution >= 4 is 0 Å².